The lowest BCUT2D eigenvalue weighted by atomic mass is 10.1. The van der Waals surface area contributed by atoms with Gasteiger partial charge in [0.15, 0.2) is 0 Å². The van der Waals surface area contributed by atoms with Crippen LogP contribution < -0.4 is 5.73 Å². The summed E-state index contributed by atoms with van der Waals surface area (Å²) in [6, 6.07) is 4.89. The summed E-state index contributed by atoms with van der Waals surface area (Å²) in [6.07, 6.45) is 0.769. The van der Waals surface area contributed by atoms with Crippen molar-refractivity contribution in [1.82, 2.24) is 4.90 Å². The SMILES string of the molecule is NC(=O)[C@H]1CCN(Cc2cc(Br)ccc2F)C1. The zero-order valence-corrected chi connectivity index (χ0v) is 10.9. The van der Waals surface area contributed by atoms with Gasteiger partial charge in [-0.2, -0.15) is 0 Å². The summed E-state index contributed by atoms with van der Waals surface area (Å²) < 4.78 is 14.4. The second-order valence-corrected chi connectivity index (χ2v) is 5.27. The maximum atomic E-state index is 13.5. The number of primary amides is 1. The number of carbonyl (C=O) groups excluding carboxylic acids is 1. The molecule has 0 saturated carbocycles. The molecule has 0 radical (unpaired) electrons. The fourth-order valence-corrected chi connectivity index (χ4v) is 2.52. The maximum absolute atomic E-state index is 13.5. The summed E-state index contributed by atoms with van der Waals surface area (Å²) in [6.45, 7) is 1.94. The number of hydrogen-bond donors (Lipinski definition) is 1. The molecule has 1 aromatic rings. The smallest absolute Gasteiger partial charge is 0.221 e. The highest BCUT2D eigenvalue weighted by Gasteiger charge is 2.26. The highest BCUT2D eigenvalue weighted by Crippen LogP contribution is 2.21. The molecule has 0 aliphatic carbocycles. The number of hydrogen-bond acceptors (Lipinski definition) is 2. The Bertz CT molecular complexity index is 439. The average Bonchev–Trinajstić information content (AvgIpc) is 2.72. The van der Waals surface area contributed by atoms with Crippen molar-refractivity contribution in [3.05, 3.63) is 34.1 Å². The van der Waals surface area contributed by atoms with Crippen LogP contribution in [0.15, 0.2) is 22.7 Å². The zero-order chi connectivity index (χ0) is 12.4. The van der Waals surface area contributed by atoms with E-state index in [1.165, 1.54) is 6.07 Å². The number of likely N-dealkylation sites (tertiary alicyclic amines) is 1. The number of benzene rings is 1. The molecule has 1 atom stereocenters. The van der Waals surface area contributed by atoms with E-state index in [-0.39, 0.29) is 17.6 Å². The number of halogens is 2. The van der Waals surface area contributed by atoms with Crippen molar-refractivity contribution in [3.8, 4) is 0 Å². The van der Waals surface area contributed by atoms with Crippen LogP contribution in [0, 0.1) is 11.7 Å². The Balaban J connectivity index is 2.02. The maximum Gasteiger partial charge on any atom is 0.221 e. The second kappa shape index (κ2) is 5.14. The Morgan fingerprint density at radius 3 is 3.00 bits per heavy atom. The first-order valence-corrected chi connectivity index (χ1v) is 6.31. The van der Waals surface area contributed by atoms with Crippen molar-refractivity contribution in [2.24, 2.45) is 11.7 Å². The normalized spacial score (nSPS) is 20.7. The van der Waals surface area contributed by atoms with Crippen molar-refractivity contribution in [1.29, 1.82) is 0 Å². The lowest BCUT2D eigenvalue weighted by molar-refractivity contribution is -0.121. The van der Waals surface area contributed by atoms with Gasteiger partial charge in [-0.15, -0.1) is 0 Å². The molecule has 3 nitrogen and oxygen atoms in total. The van der Waals surface area contributed by atoms with Gasteiger partial charge in [0.2, 0.25) is 5.91 Å². The van der Waals surface area contributed by atoms with E-state index in [1.54, 1.807) is 12.1 Å². The van der Waals surface area contributed by atoms with Crippen LogP contribution in [0.25, 0.3) is 0 Å². The Labute approximate surface area is 108 Å². The number of carbonyl (C=O) groups is 1. The molecule has 1 aliphatic rings. The molecule has 1 aliphatic heterocycles. The molecule has 1 aromatic carbocycles. The first kappa shape index (κ1) is 12.5. The minimum Gasteiger partial charge on any atom is -0.369 e. The minimum absolute atomic E-state index is 0.0924. The van der Waals surface area contributed by atoms with E-state index in [0.29, 0.717) is 18.7 Å². The van der Waals surface area contributed by atoms with Crippen LogP contribution in [-0.2, 0) is 11.3 Å². The number of amides is 1. The first-order chi connectivity index (χ1) is 8.06. The molecule has 0 bridgehead atoms. The zero-order valence-electron chi connectivity index (χ0n) is 9.33. The van der Waals surface area contributed by atoms with Gasteiger partial charge < -0.3 is 5.73 Å². The van der Waals surface area contributed by atoms with Gasteiger partial charge >= 0.3 is 0 Å². The van der Waals surface area contributed by atoms with E-state index in [4.69, 9.17) is 5.73 Å². The fraction of sp³-hybridized carbons (Fsp3) is 0.417. The van der Waals surface area contributed by atoms with Crippen LogP contribution in [0.4, 0.5) is 4.39 Å². The van der Waals surface area contributed by atoms with Crippen molar-refractivity contribution in [3.63, 3.8) is 0 Å². The van der Waals surface area contributed by atoms with Crippen LogP contribution >= 0.6 is 15.9 Å². The second-order valence-electron chi connectivity index (χ2n) is 4.36. The van der Waals surface area contributed by atoms with Gasteiger partial charge in [0.1, 0.15) is 5.82 Å². The summed E-state index contributed by atoms with van der Waals surface area (Å²) in [5, 5.41) is 0. The minimum atomic E-state index is -0.262. The van der Waals surface area contributed by atoms with Gasteiger partial charge in [0.25, 0.3) is 0 Å². The Kier molecular flexibility index (Phi) is 3.79. The molecule has 5 heteroatoms. The molecule has 2 rings (SSSR count). The Hall–Kier alpha value is -0.940. The van der Waals surface area contributed by atoms with E-state index >= 15 is 0 Å². The predicted octanol–water partition coefficient (Wildman–Crippen LogP) is 1.90. The van der Waals surface area contributed by atoms with Gasteiger partial charge in [0, 0.05) is 23.1 Å². The number of rotatable bonds is 3. The molecule has 1 amide bonds. The average molecular weight is 301 g/mol. The summed E-state index contributed by atoms with van der Waals surface area (Å²) in [5.74, 6) is -0.567. The monoisotopic (exact) mass is 300 g/mol. The third-order valence-electron chi connectivity index (χ3n) is 3.08. The van der Waals surface area contributed by atoms with Gasteiger partial charge in [-0.05, 0) is 31.2 Å². The topological polar surface area (TPSA) is 46.3 Å². The standard InChI is InChI=1S/C12H14BrFN2O/c13-10-1-2-11(14)9(5-10)7-16-4-3-8(6-16)12(15)17/h1-2,5,8H,3-4,6-7H2,(H2,15,17)/t8-/m0/s1. The molecule has 0 unspecified atom stereocenters. The molecule has 0 aromatic heterocycles. The van der Waals surface area contributed by atoms with Crippen LogP contribution in [0.5, 0.6) is 0 Å². The van der Waals surface area contributed by atoms with E-state index in [0.717, 1.165) is 17.4 Å². The van der Waals surface area contributed by atoms with Gasteiger partial charge in [-0.1, -0.05) is 15.9 Å². The molecule has 2 N–H and O–H groups in total. The van der Waals surface area contributed by atoms with Gasteiger partial charge in [-0.3, -0.25) is 9.69 Å². The molecular weight excluding hydrogens is 287 g/mol. The quantitative estimate of drug-likeness (QED) is 0.927. The lowest BCUT2D eigenvalue weighted by Gasteiger charge is -2.16. The molecule has 1 heterocycles. The summed E-state index contributed by atoms with van der Waals surface area (Å²) >= 11 is 3.32. The summed E-state index contributed by atoms with van der Waals surface area (Å²) in [5.41, 5.74) is 5.90. The van der Waals surface area contributed by atoms with E-state index in [9.17, 15) is 9.18 Å². The van der Waals surface area contributed by atoms with Gasteiger partial charge in [-0.25, -0.2) is 4.39 Å². The van der Waals surface area contributed by atoms with E-state index in [2.05, 4.69) is 20.8 Å². The fourth-order valence-electron chi connectivity index (χ4n) is 2.11. The predicted molar refractivity (Wildman–Crippen MR) is 66.7 cm³/mol. The number of nitrogens with two attached hydrogens (primary N) is 1. The lowest BCUT2D eigenvalue weighted by Crippen LogP contribution is -2.27. The van der Waals surface area contributed by atoms with Crippen molar-refractivity contribution >= 4 is 21.8 Å². The summed E-state index contributed by atoms with van der Waals surface area (Å²) in [4.78, 5) is 13.1. The highest BCUT2D eigenvalue weighted by molar-refractivity contribution is 9.10. The van der Waals surface area contributed by atoms with Crippen molar-refractivity contribution < 1.29 is 9.18 Å². The molecule has 1 fully saturated rings. The molecule has 17 heavy (non-hydrogen) atoms. The largest absolute Gasteiger partial charge is 0.369 e. The molecule has 92 valence electrons. The third kappa shape index (κ3) is 3.04. The first-order valence-electron chi connectivity index (χ1n) is 5.52. The van der Waals surface area contributed by atoms with E-state index in [1.807, 2.05) is 0 Å². The van der Waals surface area contributed by atoms with Crippen molar-refractivity contribution in [2.75, 3.05) is 13.1 Å². The third-order valence-corrected chi connectivity index (χ3v) is 3.57. The van der Waals surface area contributed by atoms with Crippen molar-refractivity contribution in [2.45, 2.75) is 13.0 Å². The molecule has 0 spiro atoms. The van der Waals surface area contributed by atoms with Gasteiger partial charge in [0.05, 0.1) is 5.92 Å². The van der Waals surface area contributed by atoms with Crippen LogP contribution in [-0.4, -0.2) is 23.9 Å². The Morgan fingerprint density at radius 2 is 2.35 bits per heavy atom. The molecule has 1 saturated heterocycles. The van der Waals surface area contributed by atoms with Crippen LogP contribution in [0.2, 0.25) is 0 Å². The molecular formula is C12H14BrFN2O. The van der Waals surface area contributed by atoms with Crippen LogP contribution in [0.3, 0.4) is 0 Å². The van der Waals surface area contributed by atoms with E-state index < -0.39 is 0 Å². The summed E-state index contributed by atoms with van der Waals surface area (Å²) in [7, 11) is 0. The Morgan fingerprint density at radius 1 is 1.59 bits per heavy atom. The number of nitrogens with zero attached hydrogens (tertiary/aromatic N) is 1. The highest BCUT2D eigenvalue weighted by atomic mass is 79.9. The van der Waals surface area contributed by atoms with Crippen LogP contribution in [0.1, 0.15) is 12.0 Å².